The highest BCUT2D eigenvalue weighted by Crippen LogP contribution is 2.22. The van der Waals surface area contributed by atoms with E-state index in [1.165, 1.54) is 5.56 Å². The summed E-state index contributed by atoms with van der Waals surface area (Å²) in [5, 5.41) is 6.02. The Bertz CT molecular complexity index is 588. The van der Waals surface area contributed by atoms with Crippen LogP contribution < -0.4 is 10.6 Å². The predicted octanol–water partition coefficient (Wildman–Crippen LogP) is 2.91. The van der Waals surface area contributed by atoms with Gasteiger partial charge in [-0.2, -0.15) is 0 Å². The zero-order valence-electron chi connectivity index (χ0n) is 17.3. The number of hydrogen-bond donors (Lipinski definition) is 2. The van der Waals surface area contributed by atoms with Crippen molar-refractivity contribution in [3.05, 3.63) is 35.4 Å². The highest BCUT2D eigenvalue weighted by Gasteiger charge is 2.20. The zero-order valence-corrected chi connectivity index (χ0v) is 17.3. The second-order valence-electron chi connectivity index (χ2n) is 8.35. The molecule has 1 aromatic rings. The van der Waals surface area contributed by atoms with Gasteiger partial charge in [0.2, 0.25) is 11.8 Å². The fourth-order valence-electron chi connectivity index (χ4n) is 2.82. The summed E-state index contributed by atoms with van der Waals surface area (Å²) in [6.07, 6.45) is 1.00. The first-order valence-corrected chi connectivity index (χ1v) is 9.39. The number of nitrogens with one attached hydrogen (secondary N) is 2. The molecular formula is C21H35N3O2. The van der Waals surface area contributed by atoms with Gasteiger partial charge in [0.25, 0.3) is 0 Å². The molecule has 0 saturated carbocycles. The van der Waals surface area contributed by atoms with Gasteiger partial charge in [0.05, 0.1) is 19.1 Å². The van der Waals surface area contributed by atoms with E-state index in [-0.39, 0.29) is 42.4 Å². The zero-order chi connectivity index (χ0) is 19.9. The minimum atomic E-state index is -0.270. The lowest BCUT2D eigenvalue weighted by Gasteiger charge is -2.26. The number of aryl methyl sites for hydroxylation is 1. The summed E-state index contributed by atoms with van der Waals surface area (Å²) in [6, 6.07) is 8.36. The van der Waals surface area contributed by atoms with E-state index >= 15 is 0 Å². The van der Waals surface area contributed by atoms with Gasteiger partial charge < -0.3 is 10.6 Å². The fraction of sp³-hybridized carbons (Fsp3) is 0.619. The molecule has 2 N–H and O–H groups in total. The van der Waals surface area contributed by atoms with Crippen molar-refractivity contribution in [3.8, 4) is 0 Å². The first-order valence-electron chi connectivity index (χ1n) is 9.39. The molecule has 1 rings (SSSR count). The number of rotatable bonds is 8. The standard InChI is InChI=1S/C21H35N3O2/c1-8-16-9-11-17(12-10-16)20(15(2)3)22-18(25)13-24(7)14-19(26)23-21(4,5)6/h9-12,15,20H,8,13-14H2,1-7H3,(H,22,25)(H,23,26)/t20-/m0/s1. The number of carbonyl (C=O) groups excluding carboxylic acids is 2. The molecule has 0 aromatic heterocycles. The molecule has 0 heterocycles. The van der Waals surface area contributed by atoms with Crippen LogP contribution in [0.4, 0.5) is 0 Å². The van der Waals surface area contributed by atoms with E-state index < -0.39 is 0 Å². The van der Waals surface area contributed by atoms with Crippen molar-refractivity contribution in [2.45, 2.75) is 59.5 Å². The summed E-state index contributed by atoms with van der Waals surface area (Å²) in [6.45, 7) is 12.5. The fourth-order valence-corrected chi connectivity index (χ4v) is 2.82. The van der Waals surface area contributed by atoms with Crippen LogP contribution in [0.15, 0.2) is 24.3 Å². The number of hydrogen-bond acceptors (Lipinski definition) is 3. The van der Waals surface area contributed by atoms with Crippen LogP contribution in [0.3, 0.4) is 0 Å². The van der Waals surface area contributed by atoms with Crippen molar-refractivity contribution in [2.75, 3.05) is 20.1 Å². The van der Waals surface area contributed by atoms with Gasteiger partial charge in [-0.15, -0.1) is 0 Å². The van der Waals surface area contributed by atoms with E-state index in [4.69, 9.17) is 0 Å². The van der Waals surface area contributed by atoms with Gasteiger partial charge in [0.1, 0.15) is 0 Å². The Morgan fingerprint density at radius 3 is 2.04 bits per heavy atom. The lowest BCUT2D eigenvalue weighted by molar-refractivity contribution is -0.125. The third kappa shape index (κ3) is 8.00. The molecule has 0 aliphatic rings. The van der Waals surface area contributed by atoms with E-state index in [0.29, 0.717) is 0 Å². The topological polar surface area (TPSA) is 61.4 Å². The van der Waals surface area contributed by atoms with Crippen LogP contribution in [-0.4, -0.2) is 42.4 Å². The summed E-state index contributed by atoms with van der Waals surface area (Å²) in [4.78, 5) is 26.2. The summed E-state index contributed by atoms with van der Waals surface area (Å²) in [5.41, 5.74) is 2.12. The van der Waals surface area contributed by atoms with E-state index in [2.05, 4.69) is 55.7 Å². The summed E-state index contributed by atoms with van der Waals surface area (Å²) in [5.74, 6) is 0.124. The SMILES string of the molecule is CCc1ccc([C@@H](NC(=O)CN(C)CC(=O)NC(C)(C)C)C(C)C)cc1. The van der Waals surface area contributed by atoms with Crippen molar-refractivity contribution in [2.24, 2.45) is 5.92 Å². The first-order chi connectivity index (χ1) is 12.0. The molecule has 0 aliphatic heterocycles. The summed E-state index contributed by atoms with van der Waals surface area (Å²) in [7, 11) is 1.78. The molecule has 5 heteroatoms. The summed E-state index contributed by atoms with van der Waals surface area (Å²) >= 11 is 0. The van der Waals surface area contributed by atoms with Gasteiger partial charge in [-0.3, -0.25) is 14.5 Å². The first kappa shape index (κ1) is 22.2. The number of nitrogens with zero attached hydrogens (tertiary/aromatic N) is 1. The molecular weight excluding hydrogens is 326 g/mol. The van der Waals surface area contributed by atoms with Crippen LogP contribution in [0.1, 0.15) is 58.7 Å². The number of amides is 2. The van der Waals surface area contributed by atoms with Crippen LogP contribution in [0.25, 0.3) is 0 Å². The molecule has 1 atom stereocenters. The smallest absolute Gasteiger partial charge is 0.234 e. The Balaban J connectivity index is 2.63. The maximum atomic E-state index is 12.4. The molecule has 0 fully saturated rings. The number of likely N-dealkylation sites (N-methyl/N-ethyl adjacent to an activating group) is 1. The Morgan fingerprint density at radius 2 is 1.58 bits per heavy atom. The van der Waals surface area contributed by atoms with Crippen molar-refractivity contribution >= 4 is 11.8 Å². The highest BCUT2D eigenvalue weighted by molar-refractivity contribution is 5.81. The van der Waals surface area contributed by atoms with E-state index in [1.54, 1.807) is 11.9 Å². The van der Waals surface area contributed by atoms with Gasteiger partial charge in [0, 0.05) is 5.54 Å². The third-order valence-corrected chi connectivity index (χ3v) is 4.07. The Morgan fingerprint density at radius 1 is 1.04 bits per heavy atom. The lowest BCUT2D eigenvalue weighted by Crippen LogP contribution is -2.47. The molecule has 1 aromatic carbocycles. The molecule has 0 aliphatic carbocycles. The van der Waals surface area contributed by atoms with Crippen LogP contribution in [0.2, 0.25) is 0 Å². The molecule has 146 valence electrons. The van der Waals surface area contributed by atoms with Crippen molar-refractivity contribution in [1.82, 2.24) is 15.5 Å². The van der Waals surface area contributed by atoms with Gasteiger partial charge in [-0.1, -0.05) is 45.0 Å². The Labute approximate surface area is 158 Å². The van der Waals surface area contributed by atoms with Crippen LogP contribution in [-0.2, 0) is 16.0 Å². The van der Waals surface area contributed by atoms with Crippen molar-refractivity contribution in [3.63, 3.8) is 0 Å². The van der Waals surface area contributed by atoms with Crippen LogP contribution in [0, 0.1) is 5.92 Å². The molecule has 0 saturated heterocycles. The maximum Gasteiger partial charge on any atom is 0.234 e. The lowest BCUT2D eigenvalue weighted by atomic mass is 9.95. The van der Waals surface area contributed by atoms with Gasteiger partial charge in [-0.25, -0.2) is 0 Å². The molecule has 5 nitrogen and oxygen atoms in total. The number of benzene rings is 1. The molecule has 0 bridgehead atoms. The monoisotopic (exact) mass is 361 g/mol. The second kappa shape index (κ2) is 9.72. The van der Waals surface area contributed by atoms with E-state index in [1.807, 2.05) is 20.8 Å². The average Bonchev–Trinajstić information content (AvgIpc) is 2.50. The van der Waals surface area contributed by atoms with Crippen molar-refractivity contribution in [1.29, 1.82) is 0 Å². The Hall–Kier alpha value is -1.88. The van der Waals surface area contributed by atoms with E-state index in [9.17, 15) is 9.59 Å². The molecule has 26 heavy (non-hydrogen) atoms. The van der Waals surface area contributed by atoms with Crippen LogP contribution in [0.5, 0.6) is 0 Å². The molecule has 2 amide bonds. The normalized spacial score (nSPS) is 13.0. The predicted molar refractivity (Wildman–Crippen MR) is 107 cm³/mol. The minimum Gasteiger partial charge on any atom is -0.350 e. The van der Waals surface area contributed by atoms with Gasteiger partial charge >= 0.3 is 0 Å². The quantitative estimate of drug-likeness (QED) is 0.748. The average molecular weight is 362 g/mol. The van der Waals surface area contributed by atoms with Gasteiger partial charge in [0.15, 0.2) is 0 Å². The minimum absolute atomic E-state index is 0.0368. The molecule has 0 spiro atoms. The van der Waals surface area contributed by atoms with E-state index in [0.717, 1.165) is 12.0 Å². The van der Waals surface area contributed by atoms with Crippen LogP contribution >= 0.6 is 0 Å². The number of carbonyl (C=O) groups is 2. The third-order valence-electron chi connectivity index (χ3n) is 4.07. The van der Waals surface area contributed by atoms with Gasteiger partial charge in [-0.05, 0) is 51.3 Å². The molecule has 0 unspecified atom stereocenters. The Kier molecular flexibility index (Phi) is 8.28. The second-order valence-corrected chi connectivity index (χ2v) is 8.35. The largest absolute Gasteiger partial charge is 0.350 e. The van der Waals surface area contributed by atoms with Crippen molar-refractivity contribution < 1.29 is 9.59 Å². The highest BCUT2D eigenvalue weighted by atomic mass is 16.2. The summed E-state index contributed by atoms with van der Waals surface area (Å²) < 4.78 is 0. The maximum absolute atomic E-state index is 12.4. The molecule has 0 radical (unpaired) electrons.